The van der Waals surface area contributed by atoms with Crippen LogP contribution in [-0.4, -0.2) is 39.3 Å². The fourth-order valence-corrected chi connectivity index (χ4v) is 4.84. The number of anilines is 2. The van der Waals surface area contributed by atoms with Crippen molar-refractivity contribution in [1.29, 1.82) is 0 Å². The largest absolute Gasteiger partial charge is 0.372 e. The van der Waals surface area contributed by atoms with Gasteiger partial charge < -0.3 is 10.2 Å². The van der Waals surface area contributed by atoms with Gasteiger partial charge in [-0.3, -0.25) is 14.5 Å². The van der Waals surface area contributed by atoms with E-state index in [4.69, 9.17) is 0 Å². The summed E-state index contributed by atoms with van der Waals surface area (Å²) in [5.74, 6) is -0.117. The first kappa shape index (κ1) is 22.8. The number of benzene rings is 2. The van der Waals surface area contributed by atoms with Crippen LogP contribution < -0.4 is 14.9 Å². The Bertz CT molecular complexity index is 1060. The minimum absolute atomic E-state index is 0.0697. The highest BCUT2D eigenvalue weighted by atomic mass is 32.2. The van der Waals surface area contributed by atoms with Crippen LogP contribution in [0.3, 0.4) is 0 Å². The Hall–Kier alpha value is -2.87. The summed E-state index contributed by atoms with van der Waals surface area (Å²) in [6.45, 7) is 9.94. The molecule has 0 aromatic heterocycles. The van der Waals surface area contributed by atoms with Crippen molar-refractivity contribution < 1.29 is 13.2 Å². The number of amidine groups is 1. The standard InChI is InChI=1S/C23H30N4O3S/c1-5-16(4)21(25-22-19-10-8-9-11-20(19)31(29,30)26-22)23(28)24-17-12-14-18(15-13-17)27(6-2)7-3/h8-16,21H,5-7H2,1-4H3,(H,24,28)(H,25,26)/t16-,21-/m0/s1. The molecule has 0 spiro atoms. The van der Waals surface area contributed by atoms with Crippen molar-refractivity contribution in [3.63, 3.8) is 0 Å². The second-order valence-corrected chi connectivity index (χ2v) is 9.27. The summed E-state index contributed by atoms with van der Waals surface area (Å²) in [5.41, 5.74) is 2.27. The molecule has 2 atom stereocenters. The van der Waals surface area contributed by atoms with E-state index in [2.05, 4.69) is 33.8 Å². The maximum absolute atomic E-state index is 13.1. The Morgan fingerprint density at radius 1 is 1.06 bits per heavy atom. The zero-order valence-corrected chi connectivity index (χ0v) is 19.2. The van der Waals surface area contributed by atoms with Crippen molar-refractivity contribution in [2.24, 2.45) is 10.9 Å². The summed E-state index contributed by atoms with van der Waals surface area (Å²) >= 11 is 0. The van der Waals surface area contributed by atoms with Crippen molar-refractivity contribution in [2.75, 3.05) is 23.3 Å². The zero-order chi connectivity index (χ0) is 22.6. The maximum Gasteiger partial charge on any atom is 0.263 e. The summed E-state index contributed by atoms with van der Waals surface area (Å²) in [6.07, 6.45) is 0.726. The van der Waals surface area contributed by atoms with E-state index in [0.717, 1.165) is 25.2 Å². The number of aliphatic imine (C=N–C) groups is 1. The minimum Gasteiger partial charge on any atom is -0.372 e. The van der Waals surface area contributed by atoms with Gasteiger partial charge in [0.1, 0.15) is 11.9 Å². The van der Waals surface area contributed by atoms with Crippen LogP contribution in [0.4, 0.5) is 11.4 Å². The van der Waals surface area contributed by atoms with E-state index in [1.807, 2.05) is 38.1 Å². The van der Waals surface area contributed by atoms with Crippen molar-refractivity contribution in [3.05, 3.63) is 54.1 Å². The Labute approximate surface area is 184 Å². The molecule has 1 heterocycles. The van der Waals surface area contributed by atoms with Crippen molar-refractivity contribution in [2.45, 2.75) is 45.1 Å². The number of sulfonamides is 1. The number of fused-ring (bicyclic) bond motifs is 1. The van der Waals surface area contributed by atoms with Gasteiger partial charge in [0.25, 0.3) is 10.0 Å². The highest BCUT2D eigenvalue weighted by molar-refractivity contribution is 7.90. The molecule has 7 nitrogen and oxygen atoms in total. The van der Waals surface area contributed by atoms with Crippen LogP contribution >= 0.6 is 0 Å². The van der Waals surface area contributed by atoms with Crippen LogP contribution in [0.5, 0.6) is 0 Å². The molecule has 0 saturated heterocycles. The van der Waals surface area contributed by atoms with Gasteiger partial charge in [-0.1, -0.05) is 32.4 Å². The number of hydrogen-bond donors (Lipinski definition) is 2. The third kappa shape index (κ3) is 4.90. The van der Waals surface area contributed by atoms with Crippen molar-refractivity contribution in [1.82, 2.24) is 4.72 Å². The van der Waals surface area contributed by atoms with E-state index in [1.165, 1.54) is 6.07 Å². The smallest absolute Gasteiger partial charge is 0.263 e. The van der Waals surface area contributed by atoms with Gasteiger partial charge in [-0.25, -0.2) is 8.42 Å². The zero-order valence-electron chi connectivity index (χ0n) is 18.4. The molecule has 2 aromatic carbocycles. The molecule has 31 heavy (non-hydrogen) atoms. The summed E-state index contributed by atoms with van der Waals surface area (Å²) < 4.78 is 27.3. The van der Waals surface area contributed by atoms with Gasteiger partial charge in [-0.05, 0) is 56.2 Å². The topological polar surface area (TPSA) is 90.9 Å². The van der Waals surface area contributed by atoms with Crippen molar-refractivity contribution >= 4 is 33.1 Å². The van der Waals surface area contributed by atoms with E-state index in [1.54, 1.807) is 18.2 Å². The van der Waals surface area contributed by atoms with Gasteiger partial charge in [0.15, 0.2) is 0 Å². The van der Waals surface area contributed by atoms with Crippen LogP contribution in [0.1, 0.15) is 39.7 Å². The number of carbonyl (C=O) groups excluding carboxylic acids is 1. The second-order valence-electron chi connectivity index (χ2n) is 7.62. The predicted molar refractivity (Wildman–Crippen MR) is 125 cm³/mol. The number of hydrogen-bond acceptors (Lipinski definition) is 5. The number of nitrogens with zero attached hydrogens (tertiary/aromatic N) is 2. The number of rotatable bonds is 8. The quantitative estimate of drug-likeness (QED) is 0.653. The number of nitrogens with one attached hydrogen (secondary N) is 2. The summed E-state index contributed by atoms with van der Waals surface area (Å²) in [5, 5.41) is 2.94. The average Bonchev–Trinajstić information content (AvgIpc) is 3.03. The van der Waals surface area contributed by atoms with Crippen LogP contribution in [0, 0.1) is 5.92 Å². The van der Waals surface area contributed by atoms with Gasteiger partial charge in [0, 0.05) is 30.0 Å². The Kier molecular flexibility index (Phi) is 7.00. The molecule has 1 aliphatic heterocycles. The molecule has 0 radical (unpaired) electrons. The Morgan fingerprint density at radius 2 is 1.71 bits per heavy atom. The van der Waals surface area contributed by atoms with E-state index < -0.39 is 16.1 Å². The molecular formula is C23H30N4O3S. The van der Waals surface area contributed by atoms with E-state index >= 15 is 0 Å². The predicted octanol–water partition coefficient (Wildman–Crippen LogP) is 3.62. The third-order valence-corrected chi connectivity index (χ3v) is 7.04. The molecule has 8 heteroatoms. The maximum atomic E-state index is 13.1. The lowest BCUT2D eigenvalue weighted by atomic mass is 9.98. The van der Waals surface area contributed by atoms with Gasteiger partial charge in [0.05, 0.1) is 4.90 Å². The van der Waals surface area contributed by atoms with Crippen molar-refractivity contribution in [3.8, 4) is 0 Å². The lowest BCUT2D eigenvalue weighted by molar-refractivity contribution is -0.118. The molecule has 0 unspecified atom stereocenters. The van der Waals surface area contributed by atoms with Crippen LogP contribution in [0.2, 0.25) is 0 Å². The first-order valence-corrected chi connectivity index (χ1v) is 12.1. The van der Waals surface area contributed by atoms with Gasteiger partial charge in [-0.2, -0.15) is 0 Å². The van der Waals surface area contributed by atoms with Gasteiger partial charge >= 0.3 is 0 Å². The number of amides is 1. The van der Waals surface area contributed by atoms with E-state index in [-0.39, 0.29) is 22.6 Å². The molecule has 2 aromatic rings. The summed E-state index contributed by atoms with van der Waals surface area (Å²) in [7, 11) is -3.65. The molecule has 1 aliphatic rings. The first-order valence-electron chi connectivity index (χ1n) is 10.7. The molecule has 0 bridgehead atoms. The lowest BCUT2D eigenvalue weighted by Gasteiger charge is -2.22. The van der Waals surface area contributed by atoms with Crippen LogP contribution in [0.15, 0.2) is 58.4 Å². The third-order valence-electron chi connectivity index (χ3n) is 5.65. The van der Waals surface area contributed by atoms with Gasteiger partial charge in [0.2, 0.25) is 5.91 Å². The Balaban J connectivity index is 1.85. The van der Waals surface area contributed by atoms with E-state index in [0.29, 0.717) is 11.3 Å². The van der Waals surface area contributed by atoms with Crippen LogP contribution in [-0.2, 0) is 14.8 Å². The molecule has 0 aliphatic carbocycles. The monoisotopic (exact) mass is 442 g/mol. The summed E-state index contributed by atoms with van der Waals surface area (Å²) in [4.78, 5) is 20.1. The molecule has 2 N–H and O–H groups in total. The summed E-state index contributed by atoms with van der Waals surface area (Å²) in [6, 6.07) is 13.6. The van der Waals surface area contributed by atoms with Crippen LogP contribution in [0.25, 0.3) is 0 Å². The number of carbonyl (C=O) groups is 1. The molecule has 3 rings (SSSR count). The highest BCUT2D eigenvalue weighted by Gasteiger charge is 2.33. The van der Waals surface area contributed by atoms with Gasteiger partial charge in [-0.15, -0.1) is 0 Å². The normalized spacial score (nSPS) is 17.5. The SMILES string of the molecule is CC[C@H](C)[C@H](N=C1NS(=O)(=O)c2ccccc21)C(=O)Nc1ccc(N(CC)CC)cc1. The molecule has 0 fully saturated rings. The Morgan fingerprint density at radius 3 is 2.32 bits per heavy atom. The minimum atomic E-state index is -3.65. The second kappa shape index (κ2) is 9.51. The molecule has 0 saturated carbocycles. The average molecular weight is 443 g/mol. The van der Waals surface area contributed by atoms with E-state index in [9.17, 15) is 13.2 Å². The molecule has 1 amide bonds. The lowest BCUT2D eigenvalue weighted by Crippen LogP contribution is -2.34. The first-order chi connectivity index (χ1) is 14.8. The highest BCUT2D eigenvalue weighted by Crippen LogP contribution is 2.25. The fourth-order valence-electron chi connectivity index (χ4n) is 3.60. The molecular weight excluding hydrogens is 412 g/mol. The molecule has 166 valence electrons. The fraction of sp³-hybridized carbons (Fsp3) is 0.391.